The highest BCUT2D eigenvalue weighted by atomic mass is 16.5. The van der Waals surface area contributed by atoms with E-state index < -0.39 is 5.91 Å². The van der Waals surface area contributed by atoms with Crippen molar-refractivity contribution < 1.29 is 14.3 Å². The maximum Gasteiger partial charge on any atom is 0.262 e. The fourth-order valence-corrected chi connectivity index (χ4v) is 4.01. The Balaban J connectivity index is 1.55. The maximum absolute atomic E-state index is 13.0. The van der Waals surface area contributed by atoms with Gasteiger partial charge >= 0.3 is 0 Å². The number of aromatic nitrogens is 4. The van der Waals surface area contributed by atoms with Gasteiger partial charge in [0, 0.05) is 26.0 Å². The van der Waals surface area contributed by atoms with E-state index in [0.29, 0.717) is 34.4 Å². The summed E-state index contributed by atoms with van der Waals surface area (Å²) >= 11 is 0. The molecule has 3 aromatic rings. The van der Waals surface area contributed by atoms with Crippen molar-refractivity contribution in [3.05, 3.63) is 40.4 Å². The first kappa shape index (κ1) is 24.4. The van der Waals surface area contributed by atoms with Gasteiger partial charge in [0.15, 0.2) is 11.5 Å². The average molecular weight is 482 g/mol. The van der Waals surface area contributed by atoms with Gasteiger partial charge in [-0.1, -0.05) is 13.8 Å². The zero-order valence-electron chi connectivity index (χ0n) is 20.5. The summed E-state index contributed by atoms with van der Waals surface area (Å²) in [6.07, 6.45) is 4.92. The molecule has 0 aliphatic carbocycles. The number of ether oxygens (including phenoxy) is 2. The molecule has 0 unspecified atom stereocenters. The van der Waals surface area contributed by atoms with Gasteiger partial charge in [0.2, 0.25) is 11.9 Å². The Labute approximate surface area is 203 Å². The molecule has 11 heteroatoms. The first-order valence-corrected chi connectivity index (χ1v) is 11.5. The van der Waals surface area contributed by atoms with Gasteiger partial charge in [0.05, 0.1) is 18.1 Å². The molecule has 0 saturated carbocycles. The third-order valence-electron chi connectivity index (χ3n) is 6.40. The minimum Gasteiger partial charge on any atom is -0.491 e. The molecule has 1 aromatic carbocycles. The molecule has 3 heterocycles. The second kappa shape index (κ2) is 9.87. The molecule has 186 valence electrons. The van der Waals surface area contributed by atoms with Gasteiger partial charge in [-0.25, -0.2) is 15.0 Å². The van der Waals surface area contributed by atoms with Crippen molar-refractivity contribution in [2.45, 2.75) is 26.7 Å². The molecule has 0 atom stereocenters. The number of piperidine rings is 1. The highest BCUT2D eigenvalue weighted by molar-refractivity contribution is 6.03. The average Bonchev–Trinajstić information content (AvgIpc) is 2.83. The lowest BCUT2D eigenvalue weighted by Gasteiger charge is -2.36. The molecule has 0 spiro atoms. The molecule has 0 bridgehead atoms. The zero-order chi connectivity index (χ0) is 25.2. The largest absolute Gasteiger partial charge is 0.491 e. The molecule has 0 radical (unpaired) electrons. The number of rotatable bonds is 7. The van der Waals surface area contributed by atoms with E-state index in [4.69, 9.17) is 15.2 Å². The highest BCUT2D eigenvalue weighted by Crippen LogP contribution is 2.34. The molecule has 1 aliphatic heterocycles. The summed E-state index contributed by atoms with van der Waals surface area (Å²) in [6, 6.07) is 3.37. The van der Waals surface area contributed by atoms with Crippen LogP contribution in [0.2, 0.25) is 0 Å². The second-order valence-corrected chi connectivity index (χ2v) is 9.43. The predicted molar refractivity (Wildman–Crippen MR) is 133 cm³/mol. The fraction of sp³-hybridized carbons (Fsp3) is 0.458. The van der Waals surface area contributed by atoms with Crippen molar-refractivity contribution in [1.29, 1.82) is 0 Å². The maximum atomic E-state index is 13.0. The van der Waals surface area contributed by atoms with E-state index in [0.717, 1.165) is 32.5 Å². The number of carbonyl (C=O) groups excluding carboxylic acids is 1. The smallest absolute Gasteiger partial charge is 0.262 e. The number of nitrogens with one attached hydrogen (secondary N) is 1. The number of methoxy groups -OCH3 is 1. The van der Waals surface area contributed by atoms with E-state index in [-0.39, 0.29) is 23.0 Å². The molecule has 4 rings (SSSR count). The lowest BCUT2D eigenvalue weighted by Crippen LogP contribution is -2.39. The zero-order valence-corrected chi connectivity index (χ0v) is 20.5. The van der Waals surface area contributed by atoms with E-state index in [9.17, 15) is 9.59 Å². The Hall–Kier alpha value is -3.73. The topological polar surface area (TPSA) is 137 Å². The van der Waals surface area contributed by atoms with Gasteiger partial charge in [-0.2, -0.15) is 0 Å². The van der Waals surface area contributed by atoms with Gasteiger partial charge in [0.1, 0.15) is 12.1 Å². The first-order valence-electron chi connectivity index (χ1n) is 11.5. The lowest BCUT2D eigenvalue weighted by atomic mass is 9.83. The molecular weight excluding hydrogens is 450 g/mol. The number of likely N-dealkylation sites (tertiary alicyclic amines) is 1. The summed E-state index contributed by atoms with van der Waals surface area (Å²) in [6.45, 7) is 7.98. The van der Waals surface area contributed by atoms with Crippen LogP contribution >= 0.6 is 0 Å². The van der Waals surface area contributed by atoms with Gasteiger partial charge in [-0.05, 0) is 43.5 Å². The van der Waals surface area contributed by atoms with Crippen LogP contribution in [0.1, 0.15) is 37.0 Å². The molecule has 2 aromatic heterocycles. The Morgan fingerprint density at radius 2 is 1.89 bits per heavy atom. The molecule has 1 aliphatic rings. The van der Waals surface area contributed by atoms with Crippen LogP contribution < -0.4 is 26.1 Å². The van der Waals surface area contributed by atoms with Crippen LogP contribution in [-0.2, 0) is 7.05 Å². The Morgan fingerprint density at radius 3 is 2.54 bits per heavy atom. The number of nitrogens with two attached hydrogens (primary N) is 1. The van der Waals surface area contributed by atoms with E-state index in [2.05, 4.69) is 39.0 Å². The van der Waals surface area contributed by atoms with Gasteiger partial charge in [-0.3, -0.25) is 24.4 Å². The Kier molecular flexibility index (Phi) is 6.88. The molecule has 1 saturated heterocycles. The van der Waals surface area contributed by atoms with Crippen LogP contribution in [0.15, 0.2) is 29.3 Å². The van der Waals surface area contributed by atoms with E-state index in [1.54, 1.807) is 12.1 Å². The van der Waals surface area contributed by atoms with Crippen LogP contribution in [0, 0.1) is 5.41 Å². The summed E-state index contributed by atoms with van der Waals surface area (Å²) in [7, 11) is 3.03. The van der Waals surface area contributed by atoms with E-state index >= 15 is 0 Å². The molecular formula is C24H31N7O4. The number of hydrogen-bond donors (Lipinski definition) is 2. The summed E-state index contributed by atoms with van der Waals surface area (Å²) < 4.78 is 12.9. The molecule has 3 N–H and O–H groups in total. The molecule has 1 amide bonds. The number of carbonyl (C=O) groups is 1. The van der Waals surface area contributed by atoms with Crippen molar-refractivity contribution in [3.8, 4) is 11.5 Å². The number of fused-ring (bicyclic) bond motifs is 1. The van der Waals surface area contributed by atoms with Crippen LogP contribution in [-0.4, -0.2) is 63.7 Å². The second-order valence-electron chi connectivity index (χ2n) is 9.43. The van der Waals surface area contributed by atoms with Crippen LogP contribution in [0.25, 0.3) is 10.9 Å². The van der Waals surface area contributed by atoms with Crippen molar-refractivity contribution >= 4 is 28.7 Å². The van der Waals surface area contributed by atoms with Crippen LogP contribution in [0.5, 0.6) is 11.5 Å². The number of amides is 1. The molecule has 11 nitrogen and oxygen atoms in total. The van der Waals surface area contributed by atoms with Crippen LogP contribution in [0.4, 0.5) is 11.9 Å². The van der Waals surface area contributed by atoms with Crippen molar-refractivity contribution in [2.75, 3.05) is 44.4 Å². The van der Waals surface area contributed by atoms with Crippen LogP contribution in [0.3, 0.4) is 0 Å². The summed E-state index contributed by atoms with van der Waals surface area (Å²) in [5.41, 5.74) is 6.02. The number of benzene rings is 1. The van der Waals surface area contributed by atoms with E-state index in [1.807, 2.05) is 0 Å². The normalized spacial score (nSPS) is 15.7. The predicted octanol–water partition coefficient (Wildman–Crippen LogP) is 2.07. The number of nitrogen functional groups attached to an aromatic ring is 1. The molecule has 1 fully saturated rings. The summed E-state index contributed by atoms with van der Waals surface area (Å²) in [5, 5.41) is 2.98. The van der Waals surface area contributed by atoms with Gasteiger partial charge in [0.25, 0.3) is 11.5 Å². The third-order valence-corrected chi connectivity index (χ3v) is 6.40. The fourth-order valence-electron chi connectivity index (χ4n) is 4.01. The Bertz CT molecular complexity index is 1280. The van der Waals surface area contributed by atoms with Crippen molar-refractivity contribution in [3.63, 3.8) is 0 Å². The van der Waals surface area contributed by atoms with Crippen molar-refractivity contribution in [1.82, 2.24) is 24.4 Å². The number of hydrogen-bond acceptors (Lipinski definition) is 9. The minimum atomic E-state index is -0.525. The highest BCUT2D eigenvalue weighted by Gasteiger charge is 2.25. The first-order chi connectivity index (χ1) is 16.7. The monoisotopic (exact) mass is 481 g/mol. The minimum absolute atomic E-state index is 0.0516. The quantitative estimate of drug-likeness (QED) is 0.519. The number of nitrogens with zero attached hydrogens (tertiary/aromatic N) is 5. The van der Waals surface area contributed by atoms with Gasteiger partial charge in [-0.15, -0.1) is 0 Å². The SMILES string of the molecule is COc1c(OCCN2CCC(C)(C)CC2)ccc2c(=O)n(C)c(NC(=O)c3cnc(N)nc3)nc12. The van der Waals surface area contributed by atoms with E-state index in [1.165, 1.54) is 31.1 Å². The molecule has 35 heavy (non-hydrogen) atoms. The lowest BCUT2D eigenvalue weighted by molar-refractivity contribution is 0.102. The number of anilines is 2. The standard InChI is InChI=1S/C24H31N7O4/c1-24(2)7-9-31(10-8-24)11-12-35-17-6-5-16-18(19(17)34-4)28-23(30(3)21(16)33)29-20(32)15-13-26-22(25)27-14-15/h5-6,13-14H,7-12H2,1-4H3,(H2,25,26,27)(H,28,29,32). The summed E-state index contributed by atoms with van der Waals surface area (Å²) in [5.74, 6) is 0.409. The van der Waals surface area contributed by atoms with Gasteiger partial charge < -0.3 is 15.2 Å². The van der Waals surface area contributed by atoms with Crippen molar-refractivity contribution in [2.24, 2.45) is 12.5 Å². The summed E-state index contributed by atoms with van der Waals surface area (Å²) in [4.78, 5) is 40.2. The third kappa shape index (κ3) is 5.35. The Morgan fingerprint density at radius 1 is 1.20 bits per heavy atom.